The van der Waals surface area contributed by atoms with Crippen LogP contribution in [0.2, 0.25) is 0 Å². The van der Waals surface area contributed by atoms with E-state index in [2.05, 4.69) is 217 Å². The molecule has 0 fully saturated rings. The van der Waals surface area contributed by atoms with Crippen molar-refractivity contribution in [3.05, 3.63) is 174 Å². The molecule has 3 heteroatoms. The van der Waals surface area contributed by atoms with Crippen molar-refractivity contribution < 1.29 is 0 Å². The minimum Gasteiger partial charge on any atom is -0.0654 e. The van der Waals surface area contributed by atoms with Gasteiger partial charge in [-0.25, -0.2) is 0 Å². The zero-order valence-electron chi connectivity index (χ0n) is 44.0. The van der Waals surface area contributed by atoms with Crippen molar-refractivity contribution in [1.29, 1.82) is 0 Å². The van der Waals surface area contributed by atoms with E-state index in [1.807, 2.05) is 0 Å². The van der Waals surface area contributed by atoms with Gasteiger partial charge in [0.1, 0.15) is 0 Å². The Morgan fingerprint density at radius 1 is 0.250 bits per heavy atom. The Hall–Kier alpha value is -4.02. The number of halogens is 3. The van der Waals surface area contributed by atoms with Gasteiger partial charge in [-0.1, -0.05) is 221 Å². The molecular formula is C69H75Br3. The van der Waals surface area contributed by atoms with Crippen molar-refractivity contribution >= 4 is 47.8 Å². The van der Waals surface area contributed by atoms with Gasteiger partial charge in [0.2, 0.25) is 0 Å². The molecule has 0 amide bonds. The summed E-state index contributed by atoms with van der Waals surface area (Å²) in [4.78, 5) is 0. The van der Waals surface area contributed by atoms with E-state index in [0.29, 0.717) is 0 Å². The minimum absolute atomic E-state index is 0.00843. The van der Waals surface area contributed by atoms with Gasteiger partial charge in [0.15, 0.2) is 0 Å². The van der Waals surface area contributed by atoms with Crippen LogP contribution in [0.1, 0.15) is 190 Å². The van der Waals surface area contributed by atoms with Crippen LogP contribution in [0, 0.1) is 0 Å². The molecule has 0 atom stereocenters. The van der Waals surface area contributed by atoms with Crippen molar-refractivity contribution in [2.24, 2.45) is 0 Å². The van der Waals surface area contributed by atoms with Crippen molar-refractivity contribution in [2.45, 2.75) is 173 Å². The van der Waals surface area contributed by atoms with Crippen LogP contribution in [0.25, 0.3) is 66.8 Å². The predicted octanol–water partition coefficient (Wildman–Crippen LogP) is 22.9. The molecule has 72 heavy (non-hydrogen) atoms. The van der Waals surface area contributed by atoms with E-state index in [1.165, 1.54) is 229 Å². The summed E-state index contributed by atoms with van der Waals surface area (Å²) in [5, 5.41) is 0. The summed E-state index contributed by atoms with van der Waals surface area (Å²) >= 11 is 11.8. The predicted molar refractivity (Wildman–Crippen MR) is 322 cm³/mol. The monoisotopic (exact) mass is 1140 g/mol. The van der Waals surface area contributed by atoms with Gasteiger partial charge in [0, 0.05) is 29.7 Å². The molecule has 10 rings (SSSR count). The third kappa shape index (κ3) is 9.00. The van der Waals surface area contributed by atoms with Gasteiger partial charge in [-0.3, -0.25) is 0 Å². The number of hydrogen-bond donors (Lipinski definition) is 0. The minimum atomic E-state index is -0.00843. The lowest BCUT2D eigenvalue weighted by Gasteiger charge is -2.33. The number of hydrogen-bond acceptors (Lipinski definition) is 0. The first-order chi connectivity index (χ1) is 35.1. The Morgan fingerprint density at radius 2 is 0.458 bits per heavy atom. The fourth-order valence-corrected chi connectivity index (χ4v) is 15.0. The molecule has 3 aliphatic rings. The Morgan fingerprint density at radius 3 is 0.681 bits per heavy atom. The highest BCUT2D eigenvalue weighted by molar-refractivity contribution is 9.11. The first kappa shape index (κ1) is 51.5. The summed E-state index contributed by atoms with van der Waals surface area (Å²) < 4.78 is 3.54. The Labute approximate surface area is 458 Å². The zero-order valence-corrected chi connectivity index (χ0v) is 48.7. The molecule has 3 aliphatic carbocycles. The van der Waals surface area contributed by atoms with E-state index in [1.54, 1.807) is 0 Å². The molecule has 0 radical (unpaired) electrons. The molecule has 0 bridgehead atoms. The number of fused-ring (bicyclic) bond motifs is 9. The molecule has 0 heterocycles. The summed E-state index contributed by atoms with van der Waals surface area (Å²) in [5.74, 6) is 0. The summed E-state index contributed by atoms with van der Waals surface area (Å²) in [6.07, 6.45) is 21.5. The maximum Gasteiger partial charge on any atom is 0.0215 e. The molecule has 0 N–H and O–H groups in total. The maximum absolute atomic E-state index is 3.93. The Bertz CT molecular complexity index is 2750. The van der Waals surface area contributed by atoms with E-state index < -0.39 is 0 Å². The van der Waals surface area contributed by atoms with Crippen LogP contribution in [0.5, 0.6) is 0 Å². The average Bonchev–Trinajstić information content (AvgIpc) is 3.94. The summed E-state index contributed by atoms with van der Waals surface area (Å²) in [6.45, 7) is 14.1. The fraction of sp³-hybridized carbons (Fsp3) is 0.391. The number of unbranched alkanes of at least 4 members (excludes halogenated alkanes) is 6. The third-order valence-corrected chi connectivity index (χ3v) is 19.1. The van der Waals surface area contributed by atoms with Gasteiger partial charge in [-0.05, 0) is 211 Å². The van der Waals surface area contributed by atoms with Crippen molar-refractivity contribution in [2.75, 3.05) is 0 Å². The van der Waals surface area contributed by atoms with E-state index in [4.69, 9.17) is 0 Å². The van der Waals surface area contributed by atoms with E-state index in [9.17, 15) is 0 Å². The molecule has 0 aliphatic heterocycles. The average molecular weight is 1140 g/mol. The topological polar surface area (TPSA) is 0 Å². The van der Waals surface area contributed by atoms with Crippen LogP contribution >= 0.6 is 47.8 Å². The van der Waals surface area contributed by atoms with Gasteiger partial charge in [-0.2, -0.15) is 0 Å². The molecular weight excluding hydrogens is 1070 g/mol. The van der Waals surface area contributed by atoms with Gasteiger partial charge in [0.25, 0.3) is 0 Å². The molecule has 0 spiro atoms. The van der Waals surface area contributed by atoms with Crippen LogP contribution in [-0.2, 0) is 16.2 Å². The van der Waals surface area contributed by atoms with E-state index in [-0.39, 0.29) is 16.2 Å². The molecule has 0 aromatic heterocycles. The van der Waals surface area contributed by atoms with Gasteiger partial charge in [0.05, 0.1) is 0 Å². The summed E-state index contributed by atoms with van der Waals surface area (Å²) in [6, 6.07) is 51.5. The number of benzene rings is 7. The molecule has 0 saturated carbocycles. The lowest BCUT2D eigenvalue weighted by molar-refractivity contribution is 0.414. The lowest BCUT2D eigenvalue weighted by Crippen LogP contribution is -2.25. The Balaban J connectivity index is 1.20. The SMILES string of the molecule is CCCCC1(CCCC)c2cc(Br)ccc2-c2ccc(-c3cc(-c4ccc5c(c4)C(CCCC)(CCCC)c4cc(Br)ccc4-5)cc(-c4ccc5c(c4)C(CCCC)(CCCC)c4cc(Br)ccc4-5)c3)cc21. The molecule has 0 nitrogen and oxygen atoms in total. The Kier molecular flexibility index (Phi) is 15.5. The molecule has 7 aromatic rings. The first-order valence-corrected chi connectivity index (χ1v) is 30.5. The van der Waals surface area contributed by atoms with Gasteiger partial charge < -0.3 is 0 Å². The largest absolute Gasteiger partial charge is 0.0654 e. The quantitative estimate of drug-likeness (QED) is 0.0673. The molecule has 0 saturated heterocycles. The normalized spacial score (nSPS) is 15.0. The van der Waals surface area contributed by atoms with Crippen LogP contribution < -0.4 is 0 Å². The van der Waals surface area contributed by atoms with Crippen LogP contribution in [0.4, 0.5) is 0 Å². The first-order valence-electron chi connectivity index (χ1n) is 28.1. The number of rotatable bonds is 21. The van der Waals surface area contributed by atoms with E-state index >= 15 is 0 Å². The second-order valence-electron chi connectivity index (χ2n) is 22.0. The van der Waals surface area contributed by atoms with Crippen molar-refractivity contribution in [1.82, 2.24) is 0 Å². The third-order valence-electron chi connectivity index (χ3n) is 17.6. The molecule has 0 unspecified atom stereocenters. The standard InChI is InChI=1S/C69H75Br3/c1-7-13-31-67(32-14-8-2)61-40-46(19-25-55(61)58-28-22-52(70)43-64(58)67)49-37-50(47-20-26-56-59-29-23-53(71)44-65(59)68(33-15-9-3,34-16-10-4)62(56)41-47)39-51(38-49)48-21-27-57-60-30-24-54(72)45-66(60)69(35-17-11-5,36-18-12-6)63(57)42-48/h19-30,37-45H,7-18,31-36H2,1-6H3. The van der Waals surface area contributed by atoms with Gasteiger partial charge >= 0.3 is 0 Å². The van der Waals surface area contributed by atoms with Crippen molar-refractivity contribution in [3.8, 4) is 66.8 Å². The van der Waals surface area contributed by atoms with Crippen LogP contribution in [0.3, 0.4) is 0 Å². The molecule has 7 aromatic carbocycles. The zero-order chi connectivity index (χ0) is 50.2. The fourth-order valence-electron chi connectivity index (χ4n) is 13.9. The van der Waals surface area contributed by atoms with Gasteiger partial charge in [-0.15, -0.1) is 0 Å². The van der Waals surface area contributed by atoms with E-state index in [0.717, 1.165) is 0 Å². The highest BCUT2D eigenvalue weighted by Gasteiger charge is 2.45. The second kappa shape index (κ2) is 21.7. The lowest BCUT2D eigenvalue weighted by atomic mass is 9.70. The second-order valence-corrected chi connectivity index (χ2v) is 24.8. The molecule has 372 valence electrons. The maximum atomic E-state index is 3.93. The smallest absolute Gasteiger partial charge is 0.0215 e. The summed E-state index contributed by atoms with van der Waals surface area (Å²) in [7, 11) is 0. The highest BCUT2D eigenvalue weighted by Crippen LogP contribution is 2.59. The highest BCUT2D eigenvalue weighted by atomic mass is 79.9. The van der Waals surface area contributed by atoms with Crippen LogP contribution in [0.15, 0.2) is 141 Å². The van der Waals surface area contributed by atoms with Crippen LogP contribution in [-0.4, -0.2) is 0 Å². The summed E-state index contributed by atoms with van der Waals surface area (Å²) in [5.41, 5.74) is 25.5. The van der Waals surface area contributed by atoms with Crippen molar-refractivity contribution in [3.63, 3.8) is 0 Å².